The Balaban J connectivity index is 1.59. The van der Waals surface area contributed by atoms with Crippen molar-refractivity contribution < 1.29 is 19.1 Å². The van der Waals surface area contributed by atoms with Crippen molar-refractivity contribution in [3.05, 3.63) is 94.7 Å². The molecule has 1 aliphatic heterocycles. The number of aromatic nitrogens is 1. The molecule has 1 N–H and O–H groups in total. The summed E-state index contributed by atoms with van der Waals surface area (Å²) < 4.78 is 5.09. The fourth-order valence-corrected chi connectivity index (χ4v) is 3.48. The number of methoxy groups -OCH3 is 1. The Morgan fingerprint density at radius 3 is 2.62 bits per heavy atom. The van der Waals surface area contributed by atoms with Gasteiger partial charge in [-0.1, -0.05) is 30.3 Å². The molecule has 2 amide bonds. The lowest BCUT2D eigenvalue weighted by Gasteiger charge is -2.27. The van der Waals surface area contributed by atoms with Gasteiger partial charge in [0.25, 0.3) is 11.8 Å². The highest BCUT2D eigenvalue weighted by Crippen LogP contribution is 2.31. The molecule has 160 valence electrons. The normalized spacial score (nSPS) is 14.3. The van der Waals surface area contributed by atoms with Gasteiger partial charge in [0.15, 0.2) is 0 Å². The van der Waals surface area contributed by atoms with E-state index in [-0.39, 0.29) is 23.9 Å². The molecule has 2 aromatic carbocycles. The van der Waals surface area contributed by atoms with Crippen LogP contribution in [0.1, 0.15) is 31.8 Å². The van der Waals surface area contributed by atoms with Gasteiger partial charge in [-0.15, -0.1) is 0 Å². The monoisotopic (exact) mass is 427 g/mol. The van der Waals surface area contributed by atoms with Gasteiger partial charge in [0.2, 0.25) is 11.7 Å². The maximum Gasteiger partial charge on any atom is 0.262 e. The first-order chi connectivity index (χ1) is 15.5. The van der Waals surface area contributed by atoms with Gasteiger partial charge < -0.3 is 15.0 Å². The van der Waals surface area contributed by atoms with Crippen LogP contribution >= 0.6 is 0 Å². The van der Waals surface area contributed by atoms with Gasteiger partial charge in [-0.3, -0.25) is 14.4 Å². The molecule has 3 aromatic rings. The number of likely N-dealkylation sites (N-methyl/N-ethyl adjacent to an activating group) is 1. The van der Waals surface area contributed by atoms with Gasteiger partial charge in [0.05, 0.1) is 18.4 Å². The van der Waals surface area contributed by atoms with E-state index in [4.69, 9.17) is 4.74 Å². The number of anilines is 1. The molecule has 0 aliphatic carbocycles. The summed E-state index contributed by atoms with van der Waals surface area (Å²) >= 11 is 0. The molecular formula is C25H21N3O4. The third-order valence-corrected chi connectivity index (χ3v) is 5.22. The topological polar surface area (TPSA) is 88.6 Å². The summed E-state index contributed by atoms with van der Waals surface area (Å²) in [6.07, 6.45) is 3.18. The number of rotatable bonds is 5. The molecule has 1 aromatic heterocycles. The van der Waals surface area contributed by atoms with E-state index in [1.54, 1.807) is 43.6 Å². The third-order valence-electron chi connectivity index (χ3n) is 5.22. The minimum absolute atomic E-state index is 0.0626. The second-order valence-corrected chi connectivity index (χ2v) is 7.28. The molecule has 0 fully saturated rings. The lowest BCUT2D eigenvalue weighted by molar-refractivity contribution is -0.114. The van der Waals surface area contributed by atoms with Crippen molar-refractivity contribution in [3.63, 3.8) is 0 Å². The number of benzene rings is 2. The van der Waals surface area contributed by atoms with E-state index in [0.29, 0.717) is 22.7 Å². The largest absolute Gasteiger partial charge is 0.481 e. The molecule has 0 unspecified atom stereocenters. The number of ketones is 1. The van der Waals surface area contributed by atoms with E-state index >= 15 is 0 Å². The van der Waals surface area contributed by atoms with Crippen molar-refractivity contribution in [1.82, 2.24) is 10.3 Å². The van der Waals surface area contributed by atoms with Crippen LogP contribution in [0.4, 0.5) is 5.69 Å². The number of ether oxygens (including phenoxy) is 1. The van der Waals surface area contributed by atoms with Crippen molar-refractivity contribution in [1.29, 1.82) is 0 Å². The Morgan fingerprint density at radius 1 is 1.09 bits per heavy atom. The Labute approximate surface area is 185 Å². The van der Waals surface area contributed by atoms with E-state index < -0.39 is 5.78 Å². The molecule has 0 saturated heterocycles. The Bertz CT molecular complexity index is 1230. The molecule has 0 radical (unpaired) electrons. The minimum atomic E-state index is -0.402. The van der Waals surface area contributed by atoms with Crippen LogP contribution in [-0.4, -0.2) is 36.7 Å². The zero-order chi connectivity index (χ0) is 22.7. The fraction of sp³-hybridized carbons (Fsp3) is 0.120. The Kier molecular flexibility index (Phi) is 5.81. The summed E-state index contributed by atoms with van der Waals surface area (Å²) in [5, 5.41) is 2.83. The number of amides is 2. The standard InChI is InChI=1S/C25H21N3O4/c1-28-21-9-8-18(24(30)27-15-17-10-11-26-22(13-17)32-2)14-19(21)23(29)20(25(28)31)12-16-6-4-3-5-7-16/h3-14H,15H2,1-2H3,(H,27,30). The lowest BCUT2D eigenvalue weighted by Crippen LogP contribution is -2.37. The SMILES string of the molecule is COc1cc(CNC(=O)c2ccc3c(c2)C(=O)C(=Cc2ccccc2)C(=O)N3C)ccn1. The van der Waals surface area contributed by atoms with E-state index in [9.17, 15) is 14.4 Å². The van der Waals surface area contributed by atoms with E-state index in [1.165, 1.54) is 18.1 Å². The van der Waals surface area contributed by atoms with Crippen LogP contribution in [0.2, 0.25) is 0 Å². The molecule has 0 atom stereocenters. The van der Waals surface area contributed by atoms with Crippen molar-refractivity contribution in [3.8, 4) is 5.88 Å². The van der Waals surface area contributed by atoms with E-state index in [2.05, 4.69) is 10.3 Å². The maximum atomic E-state index is 13.1. The second-order valence-electron chi connectivity index (χ2n) is 7.28. The molecule has 0 spiro atoms. The zero-order valence-electron chi connectivity index (χ0n) is 17.7. The number of hydrogen-bond donors (Lipinski definition) is 1. The number of hydrogen-bond acceptors (Lipinski definition) is 5. The molecular weight excluding hydrogens is 406 g/mol. The van der Waals surface area contributed by atoms with Crippen LogP contribution in [0.5, 0.6) is 5.88 Å². The fourth-order valence-electron chi connectivity index (χ4n) is 3.48. The molecule has 0 bridgehead atoms. The molecule has 7 heteroatoms. The van der Waals surface area contributed by atoms with Crippen molar-refractivity contribution >= 4 is 29.4 Å². The summed E-state index contributed by atoms with van der Waals surface area (Å²) in [5.74, 6) is -0.651. The van der Waals surface area contributed by atoms with Crippen LogP contribution < -0.4 is 15.0 Å². The van der Waals surface area contributed by atoms with Crippen molar-refractivity contribution in [2.24, 2.45) is 0 Å². The lowest BCUT2D eigenvalue weighted by atomic mass is 9.92. The van der Waals surface area contributed by atoms with Gasteiger partial charge in [-0.2, -0.15) is 0 Å². The molecule has 4 rings (SSSR count). The molecule has 1 aliphatic rings. The summed E-state index contributed by atoms with van der Waals surface area (Å²) in [7, 11) is 3.14. The van der Waals surface area contributed by atoms with Crippen LogP contribution in [0.15, 0.2) is 72.4 Å². The average molecular weight is 427 g/mol. The second kappa shape index (κ2) is 8.85. The van der Waals surface area contributed by atoms with Crippen molar-refractivity contribution in [2.45, 2.75) is 6.54 Å². The predicted octanol–water partition coefficient (Wildman–Crippen LogP) is 3.26. The molecule has 7 nitrogen and oxygen atoms in total. The Hall–Kier alpha value is -4.26. The zero-order valence-corrected chi connectivity index (χ0v) is 17.7. The van der Waals surface area contributed by atoms with Crippen LogP contribution in [0.25, 0.3) is 6.08 Å². The third kappa shape index (κ3) is 4.13. The predicted molar refractivity (Wildman–Crippen MR) is 121 cm³/mol. The summed E-state index contributed by atoms with van der Waals surface area (Å²) in [6.45, 7) is 0.278. The van der Waals surface area contributed by atoms with Gasteiger partial charge in [0.1, 0.15) is 0 Å². The maximum absolute atomic E-state index is 13.1. The Morgan fingerprint density at radius 2 is 1.88 bits per heavy atom. The summed E-state index contributed by atoms with van der Waals surface area (Å²) in [5.41, 5.74) is 2.76. The average Bonchev–Trinajstić information content (AvgIpc) is 2.84. The number of pyridine rings is 1. The van der Waals surface area contributed by atoms with Crippen LogP contribution in [0.3, 0.4) is 0 Å². The number of nitrogens with one attached hydrogen (secondary N) is 1. The number of nitrogens with zero attached hydrogens (tertiary/aromatic N) is 2. The highest BCUT2D eigenvalue weighted by atomic mass is 16.5. The van der Waals surface area contributed by atoms with Gasteiger partial charge in [-0.25, -0.2) is 4.98 Å². The molecule has 2 heterocycles. The van der Waals surface area contributed by atoms with Gasteiger partial charge in [0, 0.05) is 37.0 Å². The highest BCUT2D eigenvalue weighted by molar-refractivity contribution is 6.36. The van der Waals surface area contributed by atoms with E-state index in [1.807, 2.05) is 30.3 Å². The number of Topliss-reactive ketones (excluding diaryl/α,β-unsaturated/α-hetero) is 1. The first-order valence-corrected chi connectivity index (χ1v) is 9.98. The van der Waals surface area contributed by atoms with E-state index in [0.717, 1.165) is 11.1 Å². The van der Waals surface area contributed by atoms with Crippen LogP contribution in [-0.2, 0) is 11.3 Å². The first kappa shape index (κ1) is 21.0. The summed E-state index contributed by atoms with van der Waals surface area (Å²) in [4.78, 5) is 44.1. The number of carbonyl (C=O) groups is 3. The summed E-state index contributed by atoms with van der Waals surface area (Å²) in [6, 6.07) is 17.4. The molecule has 32 heavy (non-hydrogen) atoms. The smallest absolute Gasteiger partial charge is 0.262 e. The molecule has 0 saturated carbocycles. The van der Waals surface area contributed by atoms with Gasteiger partial charge in [-0.05, 0) is 41.5 Å². The highest BCUT2D eigenvalue weighted by Gasteiger charge is 2.33. The van der Waals surface area contributed by atoms with Gasteiger partial charge >= 0.3 is 0 Å². The number of carbonyl (C=O) groups excluding carboxylic acids is 3. The quantitative estimate of drug-likeness (QED) is 0.499. The first-order valence-electron chi connectivity index (χ1n) is 9.98. The van der Waals surface area contributed by atoms with Crippen LogP contribution in [0, 0.1) is 0 Å². The van der Waals surface area contributed by atoms with Crippen molar-refractivity contribution in [2.75, 3.05) is 19.1 Å². The number of fused-ring (bicyclic) bond motifs is 1. The minimum Gasteiger partial charge on any atom is -0.481 e.